The number of alkyl carbamates (subject to hydrolysis) is 1. The van der Waals surface area contributed by atoms with E-state index in [4.69, 9.17) is 13.9 Å². The molecule has 0 aliphatic rings. The van der Waals surface area contributed by atoms with Crippen molar-refractivity contribution in [2.45, 2.75) is 26.0 Å². The van der Waals surface area contributed by atoms with Gasteiger partial charge in [-0.25, -0.2) is 14.4 Å². The fourth-order valence-electron chi connectivity index (χ4n) is 3.49. The molecule has 0 unspecified atom stereocenters. The van der Waals surface area contributed by atoms with Gasteiger partial charge in [-0.2, -0.15) is 0 Å². The van der Waals surface area contributed by atoms with Gasteiger partial charge in [-0.1, -0.05) is 67.6 Å². The zero-order valence-corrected chi connectivity index (χ0v) is 18.5. The van der Waals surface area contributed by atoms with Crippen molar-refractivity contribution in [2.75, 3.05) is 0 Å². The molecule has 0 spiro atoms. The summed E-state index contributed by atoms with van der Waals surface area (Å²) in [6.45, 7) is 1.83. The molecule has 0 saturated heterocycles. The lowest BCUT2D eigenvalue weighted by Gasteiger charge is -2.16. The van der Waals surface area contributed by atoms with Crippen LogP contribution in [-0.4, -0.2) is 18.1 Å². The Hall–Kier alpha value is -4.39. The van der Waals surface area contributed by atoms with Gasteiger partial charge in [0.25, 0.3) is 0 Å². The SMILES string of the molecule is CC[C@@H](NC(=O)OCc1ccccc1)C(=O)Oc1ccc2c(-c3ccccc3)cc(=O)oc2c1. The highest BCUT2D eigenvalue weighted by Gasteiger charge is 2.22. The van der Waals surface area contributed by atoms with Crippen molar-refractivity contribution in [3.63, 3.8) is 0 Å². The van der Waals surface area contributed by atoms with Crippen molar-refractivity contribution in [1.82, 2.24) is 5.32 Å². The number of rotatable bonds is 7. The minimum atomic E-state index is -0.901. The zero-order valence-electron chi connectivity index (χ0n) is 18.5. The minimum absolute atomic E-state index is 0.0889. The van der Waals surface area contributed by atoms with Crippen molar-refractivity contribution < 1.29 is 23.5 Å². The maximum absolute atomic E-state index is 12.7. The van der Waals surface area contributed by atoms with Crippen LogP contribution in [0.4, 0.5) is 4.79 Å². The molecule has 7 nitrogen and oxygen atoms in total. The quantitative estimate of drug-likeness (QED) is 0.237. The standard InChI is InChI=1S/C27H23NO6/c1-2-23(28-27(31)32-17-18-9-5-3-6-10-18)26(30)33-20-13-14-21-22(19-11-7-4-8-12-19)16-25(29)34-24(21)15-20/h3-16,23H,2,17H2,1H3,(H,28,31)/t23-/m1/s1. The van der Waals surface area contributed by atoms with Gasteiger partial charge in [0.1, 0.15) is 24.0 Å². The molecule has 4 aromatic rings. The molecule has 0 radical (unpaired) electrons. The first-order chi connectivity index (χ1) is 16.5. The molecule has 1 atom stereocenters. The first-order valence-electron chi connectivity index (χ1n) is 10.9. The van der Waals surface area contributed by atoms with Gasteiger partial charge < -0.3 is 19.2 Å². The van der Waals surface area contributed by atoms with Crippen molar-refractivity contribution >= 4 is 23.0 Å². The first-order valence-corrected chi connectivity index (χ1v) is 10.9. The number of benzene rings is 3. The molecule has 1 amide bonds. The Morgan fingerprint density at radius 3 is 2.35 bits per heavy atom. The Kier molecular flexibility index (Phi) is 7.03. The molecular formula is C27H23NO6. The summed E-state index contributed by atoms with van der Waals surface area (Å²) in [5.74, 6) is -0.455. The van der Waals surface area contributed by atoms with Crippen LogP contribution in [0, 0.1) is 0 Å². The summed E-state index contributed by atoms with van der Waals surface area (Å²) < 4.78 is 16.0. The van der Waals surface area contributed by atoms with Gasteiger partial charge in [0.05, 0.1) is 0 Å². The molecule has 34 heavy (non-hydrogen) atoms. The predicted molar refractivity (Wildman–Crippen MR) is 127 cm³/mol. The number of ether oxygens (including phenoxy) is 2. The summed E-state index contributed by atoms with van der Waals surface area (Å²) in [6.07, 6.45) is -0.412. The number of fused-ring (bicyclic) bond motifs is 1. The van der Waals surface area contributed by atoms with E-state index in [9.17, 15) is 14.4 Å². The maximum atomic E-state index is 12.7. The molecule has 7 heteroatoms. The minimum Gasteiger partial charge on any atom is -0.445 e. The number of hydrogen-bond acceptors (Lipinski definition) is 6. The van der Waals surface area contributed by atoms with E-state index in [1.54, 1.807) is 19.1 Å². The number of carbonyl (C=O) groups is 2. The Morgan fingerprint density at radius 2 is 1.65 bits per heavy atom. The highest BCUT2D eigenvalue weighted by Crippen LogP contribution is 2.29. The van der Waals surface area contributed by atoms with E-state index >= 15 is 0 Å². The molecule has 0 saturated carbocycles. The number of carbonyl (C=O) groups excluding carboxylic acids is 2. The van der Waals surface area contributed by atoms with Crippen molar-refractivity contribution in [1.29, 1.82) is 0 Å². The molecule has 0 fully saturated rings. The van der Waals surface area contributed by atoms with Gasteiger partial charge in [-0.05, 0) is 35.2 Å². The first kappa shape index (κ1) is 22.8. The molecule has 172 valence electrons. The van der Waals surface area contributed by atoms with Gasteiger partial charge in [0, 0.05) is 17.5 Å². The average Bonchev–Trinajstić information content (AvgIpc) is 2.86. The average molecular weight is 457 g/mol. The molecule has 0 aliphatic carbocycles. The lowest BCUT2D eigenvalue weighted by atomic mass is 10.0. The molecule has 0 aliphatic heterocycles. The summed E-state index contributed by atoms with van der Waals surface area (Å²) in [5, 5.41) is 3.23. The highest BCUT2D eigenvalue weighted by molar-refractivity contribution is 5.94. The number of hydrogen-bond donors (Lipinski definition) is 1. The number of esters is 1. The Labute approximate surface area is 195 Å². The van der Waals surface area contributed by atoms with E-state index in [0.29, 0.717) is 17.4 Å². The normalized spacial score (nSPS) is 11.6. The second-order valence-corrected chi connectivity index (χ2v) is 7.59. The van der Waals surface area contributed by atoms with Gasteiger partial charge in [-0.15, -0.1) is 0 Å². The van der Waals surface area contributed by atoms with Crippen LogP contribution in [0.25, 0.3) is 22.1 Å². The van der Waals surface area contributed by atoms with Gasteiger partial charge in [0.2, 0.25) is 0 Å². The summed E-state index contributed by atoms with van der Waals surface area (Å²) in [4.78, 5) is 36.9. The second-order valence-electron chi connectivity index (χ2n) is 7.59. The predicted octanol–water partition coefficient (Wildman–Crippen LogP) is 5.07. The lowest BCUT2D eigenvalue weighted by molar-refractivity contribution is -0.136. The van der Waals surface area contributed by atoms with Crippen LogP contribution in [0.5, 0.6) is 5.75 Å². The fourth-order valence-corrected chi connectivity index (χ4v) is 3.49. The van der Waals surface area contributed by atoms with Crippen molar-refractivity contribution in [3.8, 4) is 16.9 Å². The van der Waals surface area contributed by atoms with E-state index < -0.39 is 23.7 Å². The van der Waals surface area contributed by atoms with Crippen LogP contribution >= 0.6 is 0 Å². The van der Waals surface area contributed by atoms with E-state index in [2.05, 4.69) is 5.32 Å². The number of nitrogens with one attached hydrogen (secondary N) is 1. The zero-order chi connectivity index (χ0) is 23.9. The molecule has 4 rings (SSSR count). The van der Waals surface area contributed by atoms with Crippen LogP contribution in [0.15, 0.2) is 94.1 Å². The third-order valence-corrected chi connectivity index (χ3v) is 5.22. The third-order valence-electron chi connectivity index (χ3n) is 5.22. The van der Waals surface area contributed by atoms with Crippen LogP contribution in [0.2, 0.25) is 0 Å². The maximum Gasteiger partial charge on any atom is 0.408 e. The third kappa shape index (κ3) is 5.50. The molecule has 3 aromatic carbocycles. The lowest BCUT2D eigenvalue weighted by Crippen LogP contribution is -2.42. The van der Waals surface area contributed by atoms with Gasteiger partial charge in [-0.3, -0.25) is 0 Å². The van der Waals surface area contributed by atoms with Gasteiger partial charge in [0.15, 0.2) is 0 Å². The van der Waals surface area contributed by atoms with Crippen LogP contribution in [-0.2, 0) is 16.1 Å². The highest BCUT2D eigenvalue weighted by atomic mass is 16.6. The Balaban J connectivity index is 1.46. The van der Waals surface area contributed by atoms with Crippen molar-refractivity contribution in [3.05, 3.63) is 101 Å². The molecule has 1 N–H and O–H groups in total. The Morgan fingerprint density at radius 1 is 0.941 bits per heavy atom. The second kappa shape index (κ2) is 10.5. The van der Waals surface area contributed by atoms with E-state index in [0.717, 1.165) is 16.7 Å². The summed E-state index contributed by atoms with van der Waals surface area (Å²) in [7, 11) is 0. The summed E-state index contributed by atoms with van der Waals surface area (Å²) in [6, 6.07) is 24.0. The Bertz CT molecular complexity index is 1350. The van der Waals surface area contributed by atoms with Crippen LogP contribution in [0.1, 0.15) is 18.9 Å². The van der Waals surface area contributed by atoms with Crippen molar-refractivity contribution in [2.24, 2.45) is 0 Å². The topological polar surface area (TPSA) is 94.8 Å². The monoisotopic (exact) mass is 457 g/mol. The molecule has 0 bridgehead atoms. The summed E-state index contributed by atoms with van der Waals surface area (Å²) in [5.41, 5.74) is 2.21. The van der Waals surface area contributed by atoms with E-state index in [1.165, 1.54) is 12.1 Å². The summed E-state index contributed by atoms with van der Waals surface area (Å²) >= 11 is 0. The number of amides is 1. The molecule has 1 aromatic heterocycles. The molecular weight excluding hydrogens is 434 g/mol. The van der Waals surface area contributed by atoms with E-state index in [-0.39, 0.29) is 12.4 Å². The fraction of sp³-hybridized carbons (Fsp3) is 0.148. The smallest absolute Gasteiger partial charge is 0.408 e. The molecule has 1 heterocycles. The van der Waals surface area contributed by atoms with E-state index in [1.807, 2.05) is 60.7 Å². The van der Waals surface area contributed by atoms with Crippen LogP contribution < -0.4 is 15.7 Å². The van der Waals surface area contributed by atoms with Crippen LogP contribution in [0.3, 0.4) is 0 Å². The van der Waals surface area contributed by atoms with Gasteiger partial charge >= 0.3 is 17.7 Å². The largest absolute Gasteiger partial charge is 0.445 e.